The Balaban J connectivity index is 1.68. The van der Waals surface area contributed by atoms with E-state index < -0.39 is 24.5 Å². The molecule has 1 aliphatic rings. The molecule has 2 aromatic rings. The highest BCUT2D eigenvalue weighted by atomic mass is 16.7. The van der Waals surface area contributed by atoms with Crippen molar-refractivity contribution in [2.24, 2.45) is 5.11 Å². The molecule has 0 amide bonds. The average Bonchev–Trinajstić information content (AvgIpc) is 2.68. The molecule has 2 aromatic carbocycles. The van der Waals surface area contributed by atoms with Crippen LogP contribution in [-0.2, 0) is 15.9 Å². The van der Waals surface area contributed by atoms with Crippen LogP contribution in [0.1, 0.15) is 23.8 Å². The zero-order chi connectivity index (χ0) is 17.5. The number of hydrogen-bond donors (Lipinski definition) is 1. The van der Waals surface area contributed by atoms with E-state index in [0.717, 1.165) is 17.5 Å². The van der Waals surface area contributed by atoms with Crippen LogP contribution in [0, 0.1) is 0 Å². The number of rotatable bonds is 6. The van der Waals surface area contributed by atoms with Gasteiger partial charge < -0.3 is 14.6 Å². The number of nitrogens with zero attached hydrogens (tertiary/aromatic N) is 3. The number of azide groups is 1. The molecule has 3 unspecified atom stereocenters. The summed E-state index contributed by atoms with van der Waals surface area (Å²) in [5.74, 6) is 0. The first-order valence-corrected chi connectivity index (χ1v) is 8.36. The smallest absolute Gasteiger partial charge is 0.184 e. The van der Waals surface area contributed by atoms with Crippen molar-refractivity contribution in [3.05, 3.63) is 82.2 Å². The molecule has 1 heterocycles. The predicted octanol–water partition coefficient (Wildman–Crippen LogP) is 3.77. The molecule has 0 bridgehead atoms. The average molecular weight is 339 g/mol. The molecule has 1 fully saturated rings. The fourth-order valence-corrected chi connectivity index (χ4v) is 2.97. The van der Waals surface area contributed by atoms with E-state index in [1.165, 1.54) is 0 Å². The Morgan fingerprint density at radius 1 is 1.12 bits per heavy atom. The van der Waals surface area contributed by atoms with E-state index >= 15 is 0 Å². The van der Waals surface area contributed by atoms with Gasteiger partial charge in [0.25, 0.3) is 0 Å². The minimum atomic E-state index is -0.745. The molecule has 1 aliphatic heterocycles. The lowest BCUT2D eigenvalue weighted by Crippen LogP contribution is -2.46. The van der Waals surface area contributed by atoms with E-state index in [1.54, 1.807) is 0 Å². The maximum absolute atomic E-state index is 10.6. The first kappa shape index (κ1) is 17.5. The van der Waals surface area contributed by atoms with Gasteiger partial charge in [-0.05, 0) is 23.9 Å². The normalized spacial score (nSPS) is 24.3. The summed E-state index contributed by atoms with van der Waals surface area (Å²) in [5.41, 5.74) is 10.8. The molecule has 1 N–H and O–H groups in total. The van der Waals surface area contributed by atoms with Crippen LogP contribution in [0.4, 0.5) is 0 Å². The molecule has 0 spiro atoms. The van der Waals surface area contributed by atoms with Crippen LogP contribution in [0.15, 0.2) is 65.8 Å². The summed E-state index contributed by atoms with van der Waals surface area (Å²) < 4.78 is 11.6. The van der Waals surface area contributed by atoms with Crippen molar-refractivity contribution in [2.75, 3.05) is 6.61 Å². The molecule has 4 atom stereocenters. The van der Waals surface area contributed by atoms with Gasteiger partial charge in [-0.25, -0.2) is 0 Å². The topological polar surface area (TPSA) is 87.5 Å². The fraction of sp³-hybridized carbons (Fsp3) is 0.368. The number of benzene rings is 2. The summed E-state index contributed by atoms with van der Waals surface area (Å²) in [6.07, 6.45) is -0.665. The molecule has 3 rings (SSSR count). The number of aliphatic hydroxyl groups is 1. The maximum Gasteiger partial charge on any atom is 0.184 e. The molecule has 0 aromatic heterocycles. The van der Waals surface area contributed by atoms with Crippen molar-refractivity contribution in [2.45, 2.75) is 37.4 Å². The van der Waals surface area contributed by atoms with Crippen molar-refractivity contribution in [3.63, 3.8) is 0 Å². The van der Waals surface area contributed by atoms with Gasteiger partial charge in [0.1, 0.15) is 0 Å². The van der Waals surface area contributed by atoms with Gasteiger partial charge >= 0.3 is 0 Å². The molecule has 0 saturated carbocycles. The summed E-state index contributed by atoms with van der Waals surface area (Å²) in [4.78, 5) is 2.86. The van der Waals surface area contributed by atoms with E-state index in [0.29, 0.717) is 6.42 Å². The van der Waals surface area contributed by atoms with Gasteiger partial charge in [0.15, 0.2) is 6.29 Å². The summed E-state index contributed by atoms with van der Waals surface area (Å²) in [7, 11) is 0. The van der Waals surface area contributed by atoms with Crippen molar-refractivity contribution in [3.8, 4) is 0 Å². The number of hydrogen-bond acceptors (Lipinski definition) is 4. The van der Waals surface area contributed by atoms with Gasteiger partial charge in [-0.3, -0.25) is 0 Å². The van der Waals surface area contributed by atoms with Crippen LogP contribution >= 0.6 is 0 Å². The van der Waals surface area contributed by atoms with Gasteiger partial charge in [0, 0.05) is 10.5 Å². The summed E-state index contributed by atoms with van der Waals surface area (Å²) in [5, 5.41) is 14.4. The Kier molecular flexibility index (Phi) is 6.04. The Hall–Kier alpha value is -2.37. The third-order valence-corrected chi connectivity index (χ3v) is 4.30. The van der Waals surface area contributed by atoms with Crippen molar-refractivity contribution < 1.29 is 14.6 Å². The van der Waals surface area contributed by atoms with Crippen molar-refractivity contribution >= 4 is 0 Å². The third kappa shape index (κ3) is 4.59. The lowest BCUT2D eigenvalue weighted by Gasteiger charge is -2.37. The fourth-order valence-electron chi connectivity index (χ4n) is 2.97. The molecular weight excluding hydrogens is 318 g/mol. The van der Waals surface area contributed by atoms with E-state index in [2.05, 4.69) is 10.0 Å². The Bertz CT molecular complexity index is 704. The van der Waals surface area contributed by atoms with Crippen molar-refractivity contribution in [1.29, 1.82) is 0 Å². The zero-order valence-electron chi connectivity index (χ0n) is 13.8. The summed E-state index contributed by atoms with van der Waals surface area (Å²) >= 11 is 0. The van der Waals surface area contributed by atoms with Crippen LogP contribution in [0.2, 0.25) is 0 Å². The third-order valence-electron chi connectivity index (χ3n) is 4.30. The molecule has 0 radical (unpaired) electrons. The summed E-state index contributed by atoms with van der Waals surface area (Å²) in [6, 6.07) is 19.0. The van der Waals surface area contributed by atoms with E-state index in [1.807, 2.05) is 60.7 Å². The Labute approximate surface area is 146 Å². The van der Waals surface area contributed by atoms with Gasteiger partial charge in [-0.1, -0.05) is 65.8 Å². The monoisotopic (exact) mass is 339 g/mol. The van der Waals surface area contributed by atoms with Crippen LogP contribution in [0.3, 0.4) is 0 Å². The second-order valence-electron chi connectivity index (χ2n) is 6.04. The van der Waals surface area contributed by atoms with Crippen molar-refractivity contribution in [1.82, 2.24) is 0 Å². The van der Waals surface area contributed by atoms with Crippen LogP contribution in [0.25, 0.3) is 10.4 Å². The quantitative estimate of drug-likeness (QED) is 0.493. The summed E-state index contributed by atoms with van der Waals surface area (Å²) in [6.45, 7) is 0.219. The molecule has 6 heteroatoms. The molecule has 1 saturated heterocycles. The van der Waals surface area contributed by atoms with Crippen LogP contribution < -0.4 is 0 Å². The molecule has 6 nitrogen and oxygen atoms in total. The lowest BCUT2D eigenvalue weighted by molar-refractivity contribution is -0.245. The molecule has 130 valence electrons. The minimum Gasteiger partial charge on any atom is -0.390 e. The van der Waals surface area contributed by atoms with E-state index in [-0.39, 0.29) is 6.61 Å². The minimum absolute atomic E-state index is 0.219. The van der Waals surface area contributed by atoms with Gasteiger partial charge in [0.05, 0.1) is 24.9 Å². The highest BCUT2D eigenvalue weighted by molar-refractivity contribution is 5.17. The van der Waals surface area contributed by atoms with Gasteiger partial charge in [-0.2, -0.15) is 0 Å². The van der Waals surface area contributed by atoms with Crippen LogP contribution in [-0.4, -0.2) is 30.0 Å². The maximum atomic E-state index is 10.6. The second kappa shape index (κ2) is 8.65. The highest BCUT2D eigenvalue weighted by Gasteiger charge is 2.36. The molecular formula is C19H21N3O3. The number of aliphatic hydroxyl groups excluding tert-OH is 1. The standard InChI is InChI=1S/C19H21N3O3/c20-22-21-16-13-24-19(15-9-5-2-6-10-15)25-18(16)17(23)12-11-14-7-3-1-4-8-14/h1-10,16-19,23H,11-13H2/t16?,17-,18?,19?/m0/s1. The zero-order valence-corrected chi connectivity index (χ0v) is 13.8. The second-order valence-corrected chi connectivity index (χ2v) is 6.04. The Morgan fingerprint density at radius 2 is 1.80 bits per heavy atom. The first-order chi connectivity index (χ1) is 12.3. The van der Waals surface area contributed by atoms with E-state index in [9.17, 15) is 5.11 Å². The number of ether oxygens (including phenoxy) is 2. The molecule has 25 heavy (non-hydrogen) atoms. The Morgan fingerprint density at radius 3 is 2.48 bits per heavy atom. The van der Waals surface area contributed by atoms with Gasteiger partial charge in [0.2, 0.25) is 0 Å². The van der Waals surface area contributed by atoms with Crippen LogP contribution in [0.5, 0.6) is 0 Å². The SMILES string of the molecule is [N-]=[N+]=NC1COC(c2ccccc2)OC1[C@@H](O)CCc1ccccc1. The largest absolute Gasteiger partial charge is 0.390 e. The first-order valence-electron chi connectivity index (χ1n) is 8.36. The molecule has 0 aliphatic carbocycles. The predicted molar refractivity (Wildman–Crippen MR) is 93.7 cm³/mol. The highest BCUT2D eigenvalue weighted by Crippen LogP contribution is 2.30. The number of aryl methyl sites for hydroxylation is 1. The van der Waals surface area contributed by atoms with Gasteiger partial charge in [-0.15, -0.1) is 0 Å². The lowest BCUT2D eigenvalue weighted by atomic mass is 9.98. The van der Waals surface area contributed by atoms with E-state index in [4.69, 9.17) is 15.0 Å².